The molecular formula is C16H13Cl2N3OS. The van der Waals surface area contributed by atoms with Crippen LogP contribution in [0.25, 0.3) is 11.0 Å². The fourth-order valence-electron chi connectivity index (χ4n) is 2.06. The number of imidazole rings is 1. The highest BCUT2D eigenvalue weighted by Crippen LogP contribution is 2.22. The molecule has 0 aliphatic heterocycles. The van der Waals surface area contributed by atoms with Crippen molar-refractivity contribution < 1.29 is 4.79 Å². The molecule has 1 heterocycles. The zero-order valence-corrected chi connectivity index (χ0v) is 14.3. The highest BCUT2D eigenvalue weighted by atomic mass is 35.5. The van der Waals surface area contributed by atoms with E-state index in [9.17, 15) is 4.79 Å². The second-order valence-electron chi connectivity index (χ2n) is 4.90. The number of benzene rings is 2. The molecule has 1 amide bonds. The van der Waals surface area contributed by atoms with E-state index in [4.69, 9.17) is 23.2 Å². The smallest absolute Gasteiger partial charge is 0.230 e. The van der Waals surface area contributed by atoms with Crippen LogP contribution in [0.3, 0.4) is 0 Å². The Balaban J connectivity index is 1.53. The topological polar surface area (TPSA) is 57.8 Å². The standard InChI is InChI=1S/C16H13Cl2N3OS/c17-11-3-1-2-10(6-11)8-19-15(22)9-23-16-20-13-5-4-12(18)7-14(13)21-16/h1-7H,8-9H2,(H,19,22)(H,20,21). The number of hydrogen-bond acceptors (Lipinski definition) is 3. The molecule has 118 valence electrons. The van der Waals surface area contributed by atoms with Gasteiger partial charge in [0.05, 0.1) is 16.8 Å². The number of aromatic amines is 1. The van der Waals surface area contributed by atoms with Crippen molar-refractivity contribution in [2.45, 2.75) is 11.7 Å². The molecule has 0 bridgehead atoms. The largest absolute Gasteiger partial charge is 0.351 e. The highest BCUT2D eigenvalue weighted by Gasteiger charge is 2.07. The first kappa shape index (κ1) is 16.2. The van der Waals surface area contributed by atoms with Gasteiger partial charge in [-0.15, -0.1) is 0 Å². The summed E-state index contributed by atoms with van der Waals surface area (Å²) in [5.41, 5.74) is 2.66. The van der Waals surface area contributed by atoms with Gasteiger partial charge in [-0.1, -0.05) is 47.1 Å². The monoisotopic (exact) mass is 365 g/mol. The third-order valence-electron chi connectivity index (χ3n) is 3.14. The van der Waals surface area contributed by atoms with Crippen molar-refractivity contribution in [3.63, 3.8) is 0 Å². The van der Waals surface area contributed by atoms with E-state index >= 15 is 0 Å². The first-order valence-corrected chi connectivity index (χ1v) is 8.63. The fraction of sp³-hybridized carbons (Fsp3) is 0.125. The lowest BCUT2D eigenvalue weighted by Crippen LogP contribution is -2.24. The second kappa shape index (κ2) is 7.25. The van der Waals surface area contributed by atoms with Crippen LogP contribution in [0.4, 0.5) is 0 Å². The lowest BCUT2D eigenvalue weighted by atomic mass is 10.2. The summed E-state index contributed by atoms with van der Waals surface area (Å²) in [6, 6.07) is 12.9. The van der Waals surface area contributed by atoms with Crippen LogP contribution in [-0.2, 0) is 11.3 Å². The number of fused-ring (bicyclic) bond motifs is 1. The lowest BCUT2D eigenvalue weighted by Gasteiger charge is -2.04. The van der Waals surface area contributed by atoms with E-state index in [1.54, 1.807) is 12.1 Å². The maximum Gasteiger partial charge on any atom is 0.230 e. The Kier molecular flexibility index (Phi) is 5.10. The SMILES string of the molecule is O=C(CSc1nc2ccc(Cl)cc2[nH]1)NCc1cccc(Cl)c1. The summed E-state index contributed by atoms with van der Waals surface area (Å²) in [5, 5.41) is 4.86. The van der Waals surface area contributed by atoms with Crippen LogP contribution in [-0.4, -0.2) is 21.6 Å². The first-order valence-electron chi connectivity index (χ1n) is 6.89. The van der Waals surface area contributed by atoms with Crippen molar-refractivity contribution in [1.29, 1.82) is 0 Å². The molecule has 0 atom stereocenters. The van der Waals surface area contributed by atoms with E-state index in [0.717, 1.165) is 16.6 Å². The molecule has 0 fully saturated rings. The van der Waals surface area contributed by atoms with E-state index in [2.05, 4.69) is 15.3 Å². The highest BCUT2D eigenvalue weighted by molar-refractivity contribution is 7.99. The molecule has 0 saturated heterocycles. The third kappa shape index (κ3) is 4.41. The van der Waals surface area contributed by atoms with Gasteiger partial charge < -0.3 is 10.3 Å². The summed E-state index contributed by atoms with van der Waals surface area (Å²) in [4.78, 5) is 19.5. The van der Waals surface area contributed by atoms with Gasteiger partial charge in [-0.3, -0.25) is 4.79 Å². The average molecular weight is 366 g/mol. The Bertz CT molecular complexity index is 850. The van der Waals surface area contributed by atoms with Gasteiger partial charge >= 0.3 is 0 Å². The van der Waals surface area contributed by atoms with Crippen molar-refractivity contribution in [3.8, 4) is 0 Å². The lowest BCUT2D eigenvalue weighted by molar-refractivity contribution is -0.118. The third-order valence-corrected chi connectivity index (χ3v) is 4.48. The van der Waals surface area contributed by atoms with Crippen LogP contribution < -0.4 is 5.32 Å². The predicted molar refractivity (Wildman–Crippen MR) is 95.1 cm³/mol. The maximum absolute atomic E-state index is 11.9. The summed E-state index contributed by atoms with van der Waals surface area (Å²) in [6.45, 7) is 0.454. The molecule has 0 unspecified atom stereocenters. The van der Waals surface area contributed by atoms with Gasteiger partial charge in [-0.2, -0.15) is 0 Å². The Morgan fingerprint density at radius 3 is 2.83 bits per heavy atom. The van der Waals surface area contributed by atoms with Crippen LogP contribution >= 0.6 is 35.0 Å². The predicted octanol–water partition coefficient (Wildman–Crippen LogP) is 4.28. The van der Waals surface area contributed by atoms with Gasteiger partial charge in [-0.05, 0) is 35.9 Å². The number of hydrogen-bond donors (Lipinski definition) is 2. The Morgan fingerprint density at radius 2 is 2.00 bits per heavy atom. The van der Waals surface area contributed by atoms with Crippen molar-refractivity contribution >= 4 is 51.9 Å². The van der Waals surface area contributed by atoms with E-state index in [-0.39, 0.29) is 11.7 Å². The van der Waals surface area contributed by atoms with Crippen molar-refractivity contribution in [1.82, 2.24) is 15.3 Å². The number of nitrogens with one attached hydrogen (secondary N) is 2. The number of carbonyl (C=O) groups excluding carboxylic acids is 1. The van der Waals surface area contributed by atoms with Crippen LogP contribution in [0.2, 0.25) is 10.0 Å². The molecular weight excluding hydrogens is 353 g/mol. The molecule has 3 aromatic rings. The molecule has 7 heteroatoms. The number of aromatic nitrogens is 2. The molecule has 23 heavy (non-hydrogen) atoms. The maximum atomic E-state index is 11.9. The van der Waals surface area contributed by atoms with Crippen LogP contribution in [0, 0.1) is 0 Å². The Labute approximate surface area is 147 Å². The van der Waals surface area contributed by atoms with Crippen molar-refractivity contribution in [3.05, 3.63) is 58.1 Å². The number of halogens is 2. The molecule has 0 saturated carbocycles. The molecule has 0 aliphatic rings. The summed E-state index contributed by atoms with van der Waals surface area (Å²) >= 11 is 13.2. The molecule has 1 aromatic heterocycles. The quantitative estimate of drug-likeness (QED) is 0.663. The molecule has 3 rings (SSSR count). The number of H-pyrrole nitrogens is 1. The summed E-state index contributed by atoms with van der Waals surface area (Å²) in [5.74, 6) is 0.224. The van der Waals surface area contributed by atoms with Gasteiger partial charge in [0.2, 0.25) is 5.91 Å². The van der Waals surface area contributed by atoms with Crippen LogP contribution in [0.15, 0.2) is 47.6 Å². The molecule has 2 N–H and O–H groups in total. The normalized spacial score (nSPS) is 10.9. The van der Waals surface area contributed by atoms with E-state index in [1.807, 2.05) is 30.3 Å². The molecule has 4 nitrogen and oxygen atoms in total. The number of rotatable bonds is 5. The minimum atomic E-state index is -0.0616. The summed E-state index contributed by atoms with van der Waals surface area (Å²) in [6.07, 6.45) is 0. The van der Waals surface area contributed by atoms with E-state index in [1.165, 1.54) is 11.8 Å². The number of carbonyl (C=O) groups is 1. The molecule has 2 aromatic carbocycles. The Hall–Kier alpha value is -1.69. The fourth-order valence-corrected chi connectivity index (χ4v) is 3.16. The van der Waals surface area contributed by atoms with E-state index in [0.29, 0.717) is 21.7 Å². The van der Waals surface area contributed by atoms with Gasteiger partial charge in [0.25, 0.3) is 0 Å². The first-order chi connectivity index (χ1) is 11.1. The van der Waals surface area contributed by atoms with E-state index < -0.39 is 0 Å². The van der Waals surface area contributed by atoms with Crippen molar-refractivity contribution in [2.24, 2.45) is 0 Å². The van der Waals surface area contributed by atoms with Gasteiger partial charge in [0.15, 0.2) is 5.16 Å². The molecule has 0 radical (unpaired) electrons. The minimum Gasteiger partial charge on any atom is -0.351 e. The molecule has 0 aliphatic carbocycles. The van der Waals surface area contributed by atoms with Crippen LogP contribution in [0.1, 0.15) is 5.56 Å². The minimum absolute atomic E-state index is 0.0616. The second-order valence-corrected chi connectivity index (χ2v) is 6.74. The zero-order chi connectivity index (χ0) is 16.2. The number of thioether (sulfide) groups is 1. The van der Waals surface area contributed by atoms with Crippen LogP contribution in [0.5, 0.6) is 0 Å². The summed E-state index contributed by atoms with van der Waals surface area (Å²) < 4.78 is 0. The summed E-state index contributed by atoms with van der Waals surface area (Å²) in [7, 11) is 0. The number of amides is 1. The average Bonchev–Trinajstić information content (AvgIpc) is 2.93. The van der Waals surface area contributed by atoms with Gasteiger partial charge in [-0.25, -0.2) is 4.98 Å². The molecule has 0 spiro atoms. The van der Waals surface area contributed by atoms with Crippen molar-refractivity contribution in [2.75, 3.05) is 5.75 Å². The van der Waals surface area contributed by atoms with Gasteiger partial charge in [0.1, 0.15) is 0 Å². The Morgan fingerprint density at radius 1 is 1.17 bits per heavy atom. The number of nitrogens with zero attached hydrogens (tertiary/aromatic N) is 1. The zero-order valence-electron chi connectivity index (χ0n) is 12.0. The van der Waals surface area contributed by atoms with Gasteiger partial charge in [0, 0.05) is 16.6 Å².